The summed E-state index contributed by atoms with van der Waals surface area (Å²) in [6.45, 7) is 18.2. The molecule has 6 fully saturated rings. The van der Waals surface area contributed by atoms with Gasteiger partial charge >= 0.3 is 5.97 Å². The Hall–Kier alpha value is -1.23. The van der Waals surface area contributed by atoms with E-state index in [4.69, 9.17) is 23.7 Å². The maximum absolute atomic E-state index is 12.8. The van der Waals surface area contributed by atoms with Gasteiger partial charge in [0.25, 0.3) is 0 Å². The fourth-order valence-corrected chi connectivity index (χ4v) is 13.8. The fourth-order valence-electron chi connectivity index (χ4n) is 13.8. The Morgan fingerprint density at radius 2 is 1.45 bits per heavy atom. The first kappa shape index (κ1) is 42.9. The van der Waals surface area contributed by atoms with Gasteiger partial charge in [-0.2, -0.15) is 0 Å². The lowest BCUT2D eigenvalue weighted by atomic mass is 9.33. The highest BCUT2D eigenvalue weighted by atomic mass is 16.8. The van der Waals surface area contributed by atoms with Crippen molar-refractivity contribution in [2.75, 3.05) is 13.7 Å². The molecule has 0 amide bonds. The molecule has 0 aromatic heterocycles. The lowest BCUT2D eigenvalue weighted by molar-refractivity contribution is -0.374. The van der Waals surface area contributed by atoms with Crippen molar-refractivity contribution in [3.63, 3.8) is 0 Å². The summed E-state index contributed by atoms with van der Waals surface area (Å²) < 4.78 is 29.3. The van der Waals surface area contributed by atoms with E-state index in [0.717, 1.165) is 58.5 Å². The van der Waals surface area contributed by atoms with E-state index in [9.17, 15) is 40.5 Å². The third-order valence-corrected chi connectivity index (χ3v) is 17.5. The van der Waals surface area contributed by atoms with Crippen molar-refractivity contribution in [2.24, 2.45) is 50.2 Å². The largest absolute Gasteiger partial charge is 0.467 e. The molecule has 0 aromatic carbocycles. The zero-order valence-electron chi connectivity index (χ0n) is 34.9. The van der Waals surface area contributed by atoms with Crippen LogP contribution in [0.2, 0.25) is 0 Å². The average molecular weight is 795 g/mol. The summed E-state index contributed by atoms with van der Waals surface area (Å²) in [6.07, 6.45) is -5.73. The van der Waals surface area contributed by atoms with Crippen LogP contribution in [0.3, 0.4) is 0 Å². The Kier molecular flexibility index (Phi) is 11.1. The van der Waals surface area contributed by atoms with E-state index < -0.39 is 85.5 Å². The van der Waals surface area contributed by atoms with E-state index in [-0.39, 0.29) is 39.1 Å². The number of allylic oxidation sites excluding steroid dienone is 2. The van der Waals surface area contributed by atoms with Crippen LogP contribution in [0.25, 0.3) is 0 Å². The summed E-state index contributed by atoms with van der Waals surface area (Å²) in [7, 11) is 1.15. The number of ether oxygens (including phenoxy) is 5. The van der Waals surface area contributed by atoms with E-state index in [0.29, 0.717) is 18.3 Å². The van der Waals surface area contributed by atoms with Crippen molar-refractivity contribution >= 4 is 5.97 Å². The average Bonchev–Trinajstić information content (AvgIpc) is 3.13. The van der Waals surface area contributed by atoms with Crippen molar-refractivity contribution in [1.82, 2.24) is 0 Å². The summed E-state index contributed by atoms with van der Waals surface area (Å²) in [5.74, 6) is 0.115. The molecule has 0 spiro atoms. The molecule has 13 heteroatoms. The number of carbonyl (C=O) groups is 1. The molecule has 0 bridgehead atoms. The second kappa shape index (κ2) is 14.5. The number of carbonyl (C=O) groups excluding carboxylic acids is 1. The van der Waals surface area contributed by atoms with Crippen LogP contribution in [-0.2, 0) is 28.5 Å². The molecule has 0 aromatic rings. The van der Waals surface area contributed by atoms with Crippen molar-refractivity contribution in [2.45, 2.75) is 187 Å². The van der Waals surface area contributed by atoms with Crippen molar-refractivity contribution in [3.05, 3.63) is 11.6 Å². The predicted molar refractivity (Wildman–Crippen MR) is 202 cm³/mol. The van der Waals surface area contributed by atoms with Crippen LogP contribution in [0, 0.1) is 50.2 Å². The van der Waals surface area contributed by atoms with Gasteiger partial charge in [-0.25, -0.2) is 4.79 Å². The van der Waals surface area contributed by atoms with Gasteiger partial charge in [-0.05, 0) is 103 Å². The van der Waals surface area contributed by atoms with Crippen molar-refractivity contribution in [3.8, 4) is 0 Å². The number of methoxy groups -OCH3 is 1. The van der Waals surface area contributed by atoms with Crippen LogP contribution < -0.4 is 0 Å². The molecule has 4 saturated carbocycles. The summed E-state index contributed by atoms with van der Waals surface area (Å²) in [6, 6.07) is 0. The number of hydrogen-bond donors (Lipinski definition) is 7. The van der Waals surface area contributed by atoms with Crippen LogP contribution in [0.5, 0.6) is 0 Å². The Bertz CT molecular complexity index is 1520. The van der Waals surface area contributed by atoms with Gasteiger partial charge in [-0.3, -0.25) is 0 Å². The first-order chi connectivity index (χ1) is 26.0. The van der Waals surface area contributed by atoms with E-state index in [2.05, 4.69) is 61.5 Å². The van der Waals surface area contributed by atoms with E-state index in [1.807, 2.05) is 0 Å². The third-order valence-electron chi connectivity index (χ3n) is 17.5. The van der Waals surface area contributed by atoms with Gasteiger partial charge in [-0.15, -0.1) is 0 Å². The second-order valence-electron chi connectivity index (χ2n) is 21.2. The van der Waals surface area contributed by atoms with Gasteiger partial charge < -0.3 is 59.4 Å². The number of aliphatic hydroxyl groups excluding tert-OH is 7. The molecule has 19 atom stereocenters. The summed E-state index contributed by atoms with van der Waals surface area (Å²) in [5.41, 5.74) is 1.19. The minimum Gasteiger partial charge on any atom is -0.467 e. The zero-order chi connectivity index (χ0) is 41.1. The number of hydrogen-bond acceptors (Lipinski definition) is 13. The van der Waals surface area contributed by atoms with E-state index in [1.165, 1.54) is 0 Å². The van der Waals surface area contributed by atoms with Gasteiger partial charge in [-0.1, -0.05) is 67.0 Å². The highest BCUT2D eigenvalue weighted by molar-refractivity contribution is 5.75. The molecule has 2 aliphatic heterocycles. The normalized spacial score (nSPS) is 53.7. The van der Waals surface area contributed by atoms with Gasteiger partial charge in [0.05, 0.1) is 25.9 Å². The zero-order valence-corrected chi connectivity index (χ0v) is 34.9. The second-order valence-corrected chi connectivity index (χ2v) is 21.2. The lowest BCUT2D eigenvalue weighted by Gasteiger charge is -2.71. The Labute approximate surface area is 332 Å². The van der Waals surface area contributed by atoms with Crippen molar-refractivity contribution in [1.29, 1.82) is 0 Å². The van der Waals surface area contributed by atoms with Crippen LogP contribution >= 0.6 is 0 Å². The van der Waals surface area contributed by atoms with Crippen LogP contribution in [0.1, 0.15) is 113 Å². The van der Waals surface area contributed by atoms with Gasteiger partial charge in [0, 0.05) is 5.41 Å². The van der Waals surface area contributed by atoms with Crippen molar-refractivity contribution < 1.29 is 64.2 Å². The quantitative estimate of drug-likeness (QED) is 0.118. The lowest BCUT2D eigenvalue weighted by Crippen LogP contribution is -2.67. The molecule has 0 unspecified atom stereocenters. The van der Waals surface area contributed by atoms with Gasteiger partial charge in [0.2, 0.25) is 0 Å². The summed E-state index contributed by atoms with van der Waals surface area (Å²) in [4.78, 5) is 12.8. The monoisotopic (exact) mass is 794 g/mol. The Morgan fingerprint density at radius 1 is 0.750 bits per heavy atom. The topological polar surface area (TPSA) is 205 Å². The molecule has 7 N–H and O–H groups in total. The van der Waals surface area contributed by atoms with Gasteiger partial charge in [0.1, 0.15) is 42.7 Å². The molecule has 5 aliphatic carbocycles. The predicted octanol–water partition coefficient (Wildman–Crippen LogP) is 2.97. The first-order valence-electron chi connectivity index (χ1n) is 21.1. The maximum atomic E-state index is 12.8. The van der Waals surface area contributed by atoms with E-state index >= 15 is 0 Å². The Balaban J connectivity index is 1.16. The van der Waals surface area contributed by atoms with Crippen LogP contribution in [0.4, 0.5) is 0 Å². The molecule has 320 valence electrons. The molecule has 13 nitrogen and oxygen atoms in total. The smallest absolute Gasteiger partial charge is 0.337 e. The molecule has 7 rings (SSSR count). The van der Waals surface area contributed by atoms with Crippen LogP contribution in [-0.4, -0.2) is 129 Å². The molecular formula is C43H70O13. The summed E-state index contributed by atoms with van der Waals surface area (Å²) >= 11 is 0. The molecule has 2 saturated heterocycles. The standard InChI is InChI=1S/C43H70O13/c1-38(2)18-22-21-10-11-25-41(6)14-13-27(39(3,4)24(41)12-15-43(25,8)42(21,7)17-16-40(22,5)26(45)19-38)54-37-34(31(49)30(48)33(55-37)35(51)52-9)56-36-32(50)29(47)28(46)23(20-44)53-36/h10,22-34,36-37,44-50H,11-20H2,1-9H3/t22-,23-,24-,25-,26-,27+,28+,29+,30+,31+,32-,33+,34-,36+,37-,40-,41+,42-,43-/m1/s1. The molecular weight excluding hydrogens is 724 g/mol. The molecule has 7 aliphatic rings. The number of esters is 1. The van der Waals surface area contributed by atoms with E-state index in [1.54, 1.807) is 5.57 Å². The number of rotatable bonds is 6. The fraction of sp³-hybridized carbons (Fsp3) is 0.930. The summed E-state index contributed by atoms with van der Waals surface area (Å²) in [5, 5.41) is 75.3. The minimum absolute atomic E-state index is 0.0173. The van der Waals surface area contributed by atoms with Crippen LogP contribution in [0.15, 0.2) is 11.6 Å². The number of fused-ring (bicyclic) bond motifs is 7. The first-order valence-corrected chi connectivity index (χ1v) is 21.1. The Morgan fingerprint density at radius 3 is 2.11 bits per heavy atom. The molecule has 0 radical (unpaired) electrons. The molecule has 56 heavy (non-hydrogen) atoms. The van der Waals surface area contributed by atoms with Gasteiger partial charge in [0.15, 0.2) is 18.7 Å². The third kappa shape index (κ3) is 6.31. The number of aliphatic hydroxyl groups is 7. The highest BCUT2D eigenvalue weighted by Gasteiger charge is 2.69. The maximum Gasteiger partial charge on any atom is 0.337 e. The molecule has 2 heterocycles. The SMILES string of the molecule is COC(=O)[C@H]1O[C@@H](O[C@H]2CC[C@@]3(C)[C@H](CC[C@]4(C)[C@@H]3CC=C3[C@H]5CC(C)(C)C[C@@H](O)[C@]5(C)CC[C@]34C)C2(C)C)[C@H](O[C@@H]2O[C@H](CO)[C@H](O)[C@H](O)[C@H]2O)[C@@H](O)[C@@H]1O. The highest BCUT2D eigenvalue weighted by Crippen LogP contribution is 2.76. The minimum atomic E-state index is -1.79.